The highest BCUT2D eigenvalue weighted by Gasteiger charge is 1.96. The minimum Gasteiger partial charge on any atom is -1.00 e. The van der Waals surface area contributed by atoms with Crippen LogP contribution in [0.5, 0.6) is 0 Å². The van der Waals surface area contributed by atoms with Gasteiger partial charge in [-0.1, -0.05) is 0 Å². The second-order valence-corrected chi connectivity index (χ2v) is 2.25. The van der Waals surface area contributed by atoms with Gasteiger partial charge in [0.25, 0.3) is 0 Å². The SMILES string of the molecule is CC(=O)c1ccc([NH3+])cc1.[Br-]. The van der Waals surface area contributed by atoms with Gasteiger partial charge in [-0.05, 0) is 31.2 Å². The number of Topliss-reactive ketones (excluding diaryl/α,β-unsaturated/α-hetero) is 1. The monoisotopic (exact) mass is 215 g/mol. The molecule has 3 heteroatoms. The van der Waals surface area contributed by atoms with Crippen LogP contribution in [0.1, 0.15) is 17.3 Å². The summed E-state index contributed by atoms with van der Waals surface area (Å²) in [6.07, 6.45) is 0. The van der Waals surface area contributed by atoms with E-state index in [4.69, 9.17) is 0 Å². The molecule has 1 aromatic rings. The van der Waals surface area contributed by atoms with Gasteiger partial charge in [0.15, 0.2) is 5.78 Å². The molecule has 0 radical (unpaired) electrons. The van der Waals surface area contributed by atoms with E-state index >= 15 is 0 Å². The average molecular weight is 216 g/mol. The number of benzene rings is 1. The standard InChI is InChI=1S/C8H9NO.BrH/c1-6(10)7-2-4-8(9)5-3-7;/h2-5H,9H2,1H3;1H. The summed E-state index contributed by atoms with van der Waals surface area (Å²) in [5, 5.41) is 0. The molecule has 11 heavy (non-hydrogen) atoms. The fourth-order valence-electron chi connectivity index (χ4n) is 0.739. The van der Waals surface area contributed by atoms with E-state index < -0.39 is 0 Å². The lowest BCUT2D eigenvalue weighted by Crippen LogP contribution is -3.00. The van der Waals surface area contributed by atoms with Gasteiger partial charge in [-0.25, -0.2) is 0 Å². The van der Waals surface area contributed by atoms with Gasteiger partial charge >= 0.3 is 0 Å². The van der Waals surface area contributed by atoms with Gasteiger partial charge in [-0.2, -0.15) is 0 Å². The molecule has 0 saturated heterocycles. The topological polar surface area (TPSA) is 44.7 Å². The molecule has 1 aromatic carbocycles. The second kappa shape index (κ2) is 4.26. The van der Waals surface area contributed by atoms with Gasteiger partial charge in [0, 0.05) is 5.56 Å². The van der Waals surface area contributed by atoms with Crippen LogP contribution >= 0.6 is 0 Å². The van der Waals surface area contributed by atoms with Crippen LogP contribution < -0.4 is 22.7 Å². The highest BCUT2D eigenvalue weighted by Crippen LogP contribution is 2.03. The van der Waals surface area contributed by atoms with E-state index in [0.29, 0.717) is 0 Å². The van der Waals surface area contributed by atoms with E-state index in [1.54, 1.807) is 19.1 Å². The first-order chi connectivity index (χ1) is 4.70. The largest absolute Gasteiger partial charge is 1.00 e. The third-order valence-electron chi connectivity index (χ3n) is 1.36. The molecular weight excluding hydrogens is 206 g/mol. The highest BCUT2D eigenvalue weighted by molar-refractivity contribution is 5.94. The quantitative estimate of drug-likeness (QED) is 0.530. The summed E-state index contributed by atoms with van der Waals surface area (Å²) in [6, 6.07) is 7.22. The maximum Gasteiger partial charge on any atom is 0.159 e. The normalized spacial score (nSPS) is 8.55. The van der Waals surface area contributed by atoms with Gasteiger partial charge in [-0.15, -0.1) is 0 Å². The molecule has 0 aliphatic carbocycles. The van der Waals surface area contributed by atoms with E-state index in [0.717, 1.165) is 11.3 Å². The minimum atomic E-state index is 0. The number of quaternary nitrogens is 1. The lowest BCUT2D eigenvalue weighted by molar-refractivity contribution is -0.254. The van der Waals surface area contributed by atoms with Crippen molar-refractivity contribution in [1.82, 2.24) is 0 Å². The maximum atomic E-state index is 10.7. The first-order valence-electron chi connectivity index (χ1n) is 3.13. The molecule has 60 valence electrons. The summed E-state index contributed by atoms with van der Waals surface area (Å²) in [7, 11) is 0. The predicted molar refractivity (Wildman–Crippen MR) is 39.0 cm³/mol. The zero-order valence-electron chi connectivity index (χ0n) is 6.30. The fourth-order valence-corrected chi connectivity index (χ4v) is 0.739. The third kappa shape index (κ3) is 2.82. The molecule has 2 nitrogen and oxygen atoms in total. The Bertz CT molecular complexity index is 243. The second-order valence-electron chi connectivity index (χ2n) is 2.25. The number of rotatable bonds is 1. The number of hydrogen-bond acceptors (Lipinski definition) is 1. The van der Waals surface area contributed by atoms with Crippen LogP contribution in [0.25, 0.3) is 0 Å². The molecular formula is C8H10BrNO. The molecule has 0 saturated carbocycles. The lowest BCUT2D eigenvalue weighted by atomic mass is 10.1. The van der Waals surface area contributed by atoms with Crippen molar-refractivity contribution >= 4 is 11.5 Å². The molecule has 0 amide bonds. The Morgan fingerprint density at radius 2 is 1.73 bits per heavy atom. The van der Waals surface area contributed by atoms with Crippen LogP contribution in [0.3, 0.4) is 0 Å². The van der Waals surface area contributed by atoms with E-state index in [9.17, 15) is 4.79 Å². The van der Waals surface area contributed by atoms with Crippen LogP contribution in [-0.4, -0.2) is 5.78 Å². The smallest absolute Gasteiger partial charge is 0.159 e. The zero-order valence-corrected chi connectivity index (χ0v) is 7.89. The predicted octanol–water partition coefficient (Wildman–Crippen LogP) is -2.23. The molecule has 0 aliphatic rings. The third-order valence-corrected chi connectivity index (χ3v) is 1.36. The van der Waals surface area contributed by atoms with Crippen LogP contribution in [0.2, 0.25) is 0 Å². The first-order valence-corrected chi connectivity index (χ1v) is 3.13. The number of carbonyl (C=O) groups excluding carboxylic acids is 1. The van der Waals surface area contributed by atoms with Crippen LogP contribution in [0, 0.1) is 0 Å². The highest BCUT2D eigenvalue weighted by atomic mass is 79.9. The summed E-state index contributed by atoms with van der Waals surface area (Å²) in [4.78, 5) is 10.7. The summed E-state index contributed by atoms with van der Waals surface area (Å²) in [6.45, 7) is 1.55. The van der Waals surface area contributed by atoms with Crippen molar-refractivity contribution in [2.75, 3.05) is 0 Å². The molecule has 0 fully saturated rings. The molecule has 0 bridgehead atoms. The van der Waals surface area contributed by atoms with Gasteiger partial charge in [0.05, 0.1) is 0 Å². The molecule has 3 N–H and O–H groups in total. The van der Waals surface area contributed by atoms with Gasteiger partial charge in [0.2, 0.25) is 0 Å². The Balaban J connectivity index is 0.000001000. The average Bonchev–Trinajstić information content (AvgIpc) is 1.88. The van der Waals surface area contributed by atoms with Crippen molar-refractivity contribution in [3.8, 4) is 0 Å². The molecule has 0 atom stereocenters. The van der Waals surface area contributed by atoms with Crippen LogP contribution in [0.15, 0.2) is 24.3 Å². The summed E-state index contributed by atoms with van der Waals surface area (Å²) >= 11 is 0. The molecule has 0 spiro atoms. The Morgan fingerprint density at radius 3 is 2.09 bits per heavy atom. The molecule has 0 heterocycles. The zero-order chi connectivity index (χ0) is 7.56. The van der Waals surface area contributed by atoms with Gasteiger partial charge < -0.3 is 22.7 Å². The van der Waals surface area contributed by atoms with Crippen molar-refractivity contribution in [2.24, 2.45) is 0 Å². The molecule has 1 rings (SSSR count). The summed E-state index contributed by atoms with van der Waals surface area (Å²) in [5.74, 6) is 0.0972. The van der Waals surface area contributed by atoms with Gasteiger partial charge in [-0.3, -0.25) is 4.79 Å². The van der Waals surface area contributed by atoms with E-state index in [-0.39, 0.29) is 22.8 Å². The van der Waals surface area contributed by atoms with Crippen molar-refractivity contribution in [3.05, 3.63) is 29.8 Å². The van der Waals surface area contributed by atoms with Crippen molar-refractivity contribution in [3.63, 3.8) is 0 Å². The molecule has 0 aliphatic heterocycles. The Labute approximate surface area is 76.2 Å². The number of ketones is 1. The number of halogens is 1. The van der Waals surface area contributed by atoms with Crippen molar-refractivity contribution < 1.29 is 27.5 Å². The van der Waals surface area contributed by atoms with E-state index in [1.165, 1.54) is 0 Å². The van der Waals surface area contributed by atoms with Crippen molar-refractivity contribution in [2.45, 2.75) is 6.92 Å². The van der Waals surface area contributed by atoms with E-state index in [1.807, 2.05) is 12.1 Å². The van der Waals surface area contributed by atoms with Crippen LogP contribution in [-0.2, 0) is 0 Å². The van der Waals surface area contributed by atoms with Gasteiger partial charge in [0.1, 0.15) is 5.69 Å². The Morgan fingerprint density at radius 1 is 1.27 bits per heavy atom. The van der Waals surface area contributed by atoms with Crippen molar-refractivity contribution in [1.29, 1.82) is 0 Å². The maximum absolute atomic E-state index is 10.7. The summed E-state index contributed by atoms with van der Waals surface area (Å²) < 4.78 is 0. The lowest BCUT2D eigenvalue weighted by Gasteiger charge is -1.91. The van der Waals surface area contributed by atoms with E-state index in [2.05, 4.69) is 5.73 Å². The first kappa shape index (κ1) is 10.3. The molecule has 0 unspecified atom stereocenters. The minimum absolute atomic E-state index is 0. The number of carbonyl (C=O) groups is 1. The number of hydrogen-bond donors (Lipinski definition) is 1. The van der Waals surface area contributed by atoms with Crippen LogP contribution in [0.4, 0.5) is 5.69 Å². The Hall–Kier alpha value is -0.670. The Kier molecular flexibility index (Phi) is 4.00. The fraction of sp³-hybridized carbons (Fsp3) is 0.125. The molecule has 0 aromatic heterocycles. The summed E-state index contributed by atoms with van der Waals surface area (Å²) in [5.41, 5.74) is 5.39.